The molecule has 0 saturated carbocycles. The maximum Gasteiger partial charge on any atom is 0.241 e. The molecule has 0 fully saturated rings. The van der Waals surface area contributed by atoms with Gasteiger partial charge in [-0.2, -0.15) is 0 Å². The maximum atomic E-state index is 12.4. The highest BCUT2D eigenvalue weighted by atomic mass is 35.5. The van der Waals surface area contributed by atoms with Crippen LogP contribution in [-0.2, 0) is 21.4 Å². The summed E-state index contributed by atoms with van der Waals surface area (Å²) in [7, 11) is -3.66. The second-order valence-electron chi connectivity index (χ2n) is 6.61. The van der Waals surface area contributed by atoms with Gasteiger partial charge in [-0.15, -0.1) is 0 Å². The van der Waals surface area contributed by atoms with Crippen LogP contribution in [0.5, 0.6) is 0 Å². The number of anilines is 1. The predicted octanol–water partition coefficient (Wildman–Crippen LogP) is 2.92. The molecule has 0 saturated heterocycles. The number of sulfonamides is 1. The zero-order valence-corrected chi connectivity index (χ0v) is 17.6. The normalized spacial score (nSPS) is 11.3. The molecule has 9 heteroatoms. The predicted molar refractivity (Wildman–Crippen MR) is 114 cm³/mol. The van der Waals surface area contributed by atoms with Crippen molar-refractivity contribution >= 4 is 33.2 Å². The Kier molecular flexibility index (Phi) is 6.24. The summed E-state index contributed by atoms with van der Waals surface area (Å²) in [6.45, 7) is 1.73. The first kappa shape index (κ1) is 20.9. The lowest BCUT2D eigenvalue weighted by atomic mass is 10.2. The molecule has 1 aromatic heterocycles. The van der Waals surface area contributed by atoms with Gasteiger partial charge < -0.3 is 9.88 Å². The van der Waals surface area contributed by atoms with E-state index in [2.05, 4.69) is 10.3 Å². The Labute approximate surface area is 175 Å². The SMILES string of the molecule is Cc1ccc(Cl)cc1N(CC(=O)NCc1ccc(-n2ccnc2)cc1)S(C)(=O)=O. The third-order valence-corrected chi connectivity index (χ3v) is 5.72. The highest BCUT2D eigenvalue weighted by Crippen LogP contribution is 2.26. The number of nitrogens with one attached hydrogen (secondary N) is 1. The van der Waals surface area contributed by atoms with Crippen LogP contribution in [0.15, 0.2) is 61.2 Å². The minimum absolute atomic E-state index is 0.287. The molecule has 0 atom stereocenters. The number of aromatic nitrogens is 2. The van der Waals surface area contributed by atoms with E-state index in [0.29, 0.717) is 16.3 Å². The van der Waals surface area contributed by atoms with Gasteiger partial charge in [0.15, 0.2) is 0 Å². The average molecular weight is 433 g/mol. The van der Waals surface area contributed by atoms with Gasteiger partial charge >= 0.3 is 0 Å². The second-order valence-corrected chi connectivity index (χ2v) is 8.96. The number of nitrogens with zero attached hydrogens (tertiary/aromatic N) is 3. The Morgan fingerprint density at radius 2 is 1.93 bits per heavy atom. The van der Waals surface area contributed by atoms with Crippen molar-refractivity contribution in [3.63, 3.8) is 0 Å². The van der Waals surface area contributed by atoms with Crippen LogP contribution < -0.4 is 9.62 Å². The van der Waals surface area contributed by atoms with E-state index in [0.717, 1.165) is 21.8 Å². The fourth-order valence-electron chi connectivity index (χ4n) is 2.82. The third kappa shape index (κ3) is 5.36. The van der Waals surface area contributed by atoms with Gasteiger partial charge in [-0.05, 0) is 42.3 Å². The monoisotopic (exact) mass is 432 g/mol. The van der Waals surface area contributed by atoms with Crippen LogP contribution in [-0.4, -0.2) is 36.7 Å². The van der Waals surface area contributed by atoms with Crippen molar-refractivity contribution in [2.45, 2.75) is 13.5 Å². The maximum absolute atomic E-state index is 12.4. The molecule has 1 heterocycles. The molecule has 1 N–H and O–H groups in total. The number of amides is 1. The van der Waals surface area contributed by atoms with Crippen molar-refractivity contribution < 1.29 is 13.2 Å². The minimum Gasteiger partial charge on any atom is -0.350 e. The first-order chi connectivity index (χ1) is 13.7. The van der Waals surface area contributed by atoms with Crippen molar-refractivity contribution in [3.05, 3.63) is 77.3 Å². The second kappa shape index (κ2) is 8.67. The van der Waals surface area contributed by atoms with Crippen LogP contribution in [0.3, 0.4) is 0 Å². The molecule has 3 aromatic rings. The molecule has 0 radical (unpaired) electrons. The summed E-state index contributed by atoms with van der Waals surface area (Å²) >= 11 is 6.01. The van der Waals surface area contributed by atoms with Crippen molar-refractivity contribution in [3.8, 4) is 5.69 Å². The molecule has 7 nitrogen and oxygen atoms in total. The third-order valence-electron chi connectivity index (χ3n) is 4.36. The van der Waals surface area contributed by atoms with Gasteiger partial charge in [0.05, 0.1) is 18.3 Å². The van der Waals surface area contributed by atoms with Crippen LogP contribution in [0, 0.1) is 6.92 Å². The Bertz CT molecular complexity index is 1100. The first-order valence-electron chi connectivity index (χ1n) is 8.82. The number of hydrogen-bond donors (Lipinski definition) is 1. The van der Waals surface area contributed by atoms with Crippen LogP contribution in [0.2, 0.25) is 5.02 Å². The summed E-state index contributed by atoms with van der Waals surface area (Å²) in [6.07, 6.45) is 6.31. The molecule has 152 valence electrons. The van der Waals surface area contributed by atoms with Gasteiger partial charge in [-0.3, -0.25) is 9.10 Å². The molecular formula is C20H21ClN4O3S. The summed E-state index contributed by atoms with van der Waals surface area (Å²) in [5.41, 5.74) is 2.95. The standard InChI is InChI=1S/C20H21ClN4O3S/c1-15-3-6-17(21)11-19(15)25(29(2,27)28)13-20(26)23-12-16-4-7-18(8-5-16)24-10-9-22-14-24/h3-11,14H,12-13H2,1-2H3,(H,23,26). The number of rotatable bonds is 7. The van der Waals surface area contributed by atoms with E-state index < -0.39 is 15.9 Å². The summed E-state index contributed by atoms with van der Waals surface area (Å²) in [5.74, 6) is -0.409. The van der Waals surface area contributed by atoms with Gasteiger partial charge in [0, 0.05) is 29.6 Å². The number of carbonyl (C=O) groups excluding carboxylic acids is 1. The number of carbonyl (C=O) groups is 1. The van der Waals surface area contributed by atoms with Crippen LogP contribution in [0.4, 0.5) is 5.69 Å². The van der Waals surface area contributed by atoms with Crippen molar-refractivity contribution in [1.82, 2.24) is 14.9 Å². The van der Waals surface area contributed by atoms with Crippen LogP contribution >= 0.6 is 11.6 Å². The van der Waals surface area contributed by atoms with Crippen molar-refractivity contribution in [2.75, 3.05) is 17.1 Å². The molecular weight excluding hydrogens is 412 g/mol. The number of hydrogen-bond acceptors (Lipinski definition) is 4. The average Bonchev–Trinajstić information content (AvgIpc) is 3.21. The van der Waals surface area contributed by atoms with Crippen LogP contribution in [0.25, 0.3) is 5.69 Å². The largest absolute Gasteiger partial charge is 0.350 e. The van der Waals surface area contributed by atoms with Gasteiger partial charge in [0.1, 0.15) is 6.54 Å². The van der Waals surface area contributed by atoms with Crippen molar-refractivity contribution in [1.29, 1.82) is 0 Å². The number of imidazole rings is 1. The fraction of sp³-hybridized carbons (Fsp3) is 0.200. The molecule has 0 aliphatic heterocycles. The molecule has 2 aromatic carbocycles. The van der Waals surface area contributed by atoms with E-state index in [-0.39, 0.29) is 13.1 Å². The van der Waals surface area contributed by atoms with E-state index >= 15 is 0 Å². The molecule has 1 amide bonds. The summed E-state index contributed by atoms with van der Waals surface area (Å²) in [4.78, 5) is 16.4. The Morgan fingerprint density at radius 3 is 2.55 bits per heavy atom. The van der Waals surface area contributed by atoms with E-state index in [1.807, 2.05) is 35.0 Å². The van der Waals surface area contributed by atoms with Gasteiger partial charge in [-0.25, -0.2) is 13.4 Å². The lowest BCUT2D eigenvalue weighted by Gasteiger charge is -2.23. The van der Waals surface area contributed by atoms with E-state index in [9.17, 15) is 13.2 Å². The fourth-order valence-corrected chi connectivity index (χ4v) is 3.89. The van der Waals surface area contributed by atoms with E-state index in [1.165, 1.54) is 0 Å². The molecule has 0 aliphatic rings. The van der Waals surface area contributed by atoms with Gasteiger partial charge in [-0.1, -0.05) is 29.8 Å². The van der Waals surface area contributed by atoms with E-state index in [4.69, 9.17) is 11.6 Å². The zero-order chi connectivity index (χ0) is 21.0. The first-order valence-corrected chi connectivity index (χ1v) is 11.0. The molecule has 0 unspecified atom stereocenters. The smallest absolute Gasteiger partial charge is 0.241 e. The molecule has 0 spiro atoms. The summed E-state index contributed by atoms with van der Waals surface area (Å²) in [5, 5.41) is 3.16. The topological polar surface area (TPSA) is 84.3 Å². The lowest BCUT2D eigenvalue weighted by Crippen LogP contribution is -2.40. The minimum atomic E-state index is -3.66. The molecule has 0 aliphatic carbocycles. The highest BCUT2D eigenvalue weighted by molar-refractivity contribution is 7.92. The Morgan fingerprint density at radius 1 is 1.21 bits per heavy atom. The lowest BCUT2D eigenvalue weighted by molar-refractivity contribution is -0.119. The molecule has 0 bridgehead atoms. The summed E-state index contributed by atoms with van der Waals surface area (Å²) < 4.78 is 27.4. The molecule has 29 heavy (non-hydrogen) atoms. The quantitative estimate of drug-likeness (QED) is 0.622. The Hall–Kier alpha value is -2.84. The highest BCUT2D eigenvalue weighted by Gasteiger charge is 2.22. The number of benzene rings is 2. The van der Waals surface area contributed by atoms with Crippen LogP contribution in [0.1, 0.15) is 11.1 Å². The van der Waals surface area contributed by atoms with Gasteiger partial charge in [0.2, 0.25) is 15.9 Å². The molecule has 3 rings (SSSR count). The van der Waals surface area contributed by atoms with Crippen molar-refractivity contribution in [2.24, 2.45) is 0 Å². The zero-order valence-electron chi connectivity index (χ0n) is 16.0. The van der Waals surface area contributed by atoms with Gasteiger partial charge in [0.25, 0.3) is 0 Å². The number of aryl methyl sites for hydroxylation is 1. The Balaban J connectivity index is 1.67. The van der Waals surface area contributed by atoms with E-state index in [1.54, 1.807) is 37.6 Å². The summed E-state index contributed by atoms with van der Waals surface area (Å²) in [6, 6.07) is 12.6. The number of halogens is 1.